The van der Waals surface area contributed by atoms with Crippen LogP contribution in [0.3, 0.4) is 0 Å². The quantitative estimate of drug-likeness (QED) is 0.931. The molecule has 0 radical (unpaired) electrons. The smallest absolute Gasteiger partial charge is 0.261 e. The van der Waals surface area contributed by atoms with Gasteiger partial charge in [-0.15, -0.1) is 0 Å². The van der Waals surface area contributed by atoms with E-state index in [-0.39, 0.29) is 10.8 Å². The van der Waals surface area contributed by atoms with E-state index >= 15 is 0 Å². The minimum atomic E-state index is -3.66. The maximum atomic E-state index is 12.6. The van der Waals surface area contributed by atoms with Crippen LogP contribution in [0.4, 0.5) is 11.4 Å². The first-order chi connectivity index (χ1) is 11.3. The summed E-state index contributed by atoms with van der Waals surface area (Å²) in [6, 6.07) is 10.5. The Hall–Kier alpha value is -2.34. The van der Waals surface area contributed by atoms with Gasteiger partial charge < -0.3 is 4.90 Å². The van der Waals surface area contributed by atoms with Gasteiger partial charge in [0.25, 0.3) is 10.0 Å². The van der Waals surface area contributed by atoms with Crippen molar-refractivity contribution >= 4 is 27.3 Å². The van der Waals surface area contributed by atoms with E-state index < -0.39 is 10.0 Å². The first-order valence-corrected chi connectivity index (χ1v) is 9.27. The van der Waals surface area contributed by atoms with E-state index in [1.807, 2.05) is 19.9 Å². The molecule has 6 heteroatoms. The number of hydrogen-bond donors (Lipinski definition) is 1. The summed E-state index contributed by atoms with van der Waals surface area (Å²) in [7, 11) is -3.66. The average molecular weight is 344 g/mol. The first kappa shape index (κ1) is 16.5. The van der Waals surface area contributed by atoms with Crippen LogP contribution in [0.15, 0.2) is 41.3 Å². The van der Waals surface area contributed by atoms with Crippen molar-refractivity contribution in [1.29, 1.82) is 0 Å². The monoisotopic (exact) mass is 344 g/mol. The minimum Gasteiger partial charge on any atom is -0.312 e. The van der Waals surface area contributed by atoms with Gasteiger partial charge in [-0.3, -0.25) is 9.52 Å². The van der Waals surface area contributed by atoms with Gasteiger partial charge in [0.1, 0.15) is 0 Å². The van der Waals surface area contributed by atoms with Gasteiger partial charge in [-0.25, -0.2) is 8.42 Å². The van der Waals surface area contributed by atoms with Crippen LogP contribution in [0, 0.1) is 13.8 Å². The van der Waals surface area contributed by atoms with Crippen LogP contribution in [0.2, 0.25) is 0 Å². The molecule has 1 amide bonds. The van der Waals surface area contributed by atoms with Crippen LogP contribution in [-0.4, -0.2) is 20.9 Å². The highest BCUT2D eigenvalue weighted by atomic mass is 32.2. The number of nitrogens with zero attached hydrogens (tertiary/aromatic N) is 1. The van der Waals surface area contributed by atoms with E-state index in [2.05, 4.69) is 4.72 Å². The third kappa shape index (κ3) is 3.14. The molecule has 0 unspecified atom stereocenters. The molecule has 24 heavy (non-hydrogen) atoms. The Morgan fingerprint density at radius 1 is 1.08 bits per heavy atom. The fourth-order valence-electron chi connectivity index (χ4n) is 3.12. The van der Waals surface area contributed by atoms with Gasteiger partial charge in [-0.1, -0.05) is 6.07 Å². The molecular weight excluding hydrogens is 324 g/mol. The van der Waals surface area contributed by atoms with E-state index in [0.29, 0.717) is 18.7 Å². The second-order valence-corrected chi connectivity index (χ2v) is 7.88. The zero-order chi connectivity index (χ0) is 17.5. The number of fused-ring (bicyclic) bond motifs is 1. The third-order valence-electron chi connectivity index (χ3n) is 4.11. The predicted molar refractivity (Wildman–Crippen MR) is 94.9 cm³/mol. The number of sulfonamides is 1. The summed E-state index contributed by atoms with van der Waals surface area (Å²) >= 11 is 0. The second kappa shape index (κ2) is 5.94. The number of carbonyl (C=O) groups excluding carboxylic acids is 1. The van der Waals surface area contributed by atoms with E-state index in [4.69, 9.17) is 0 Å². The van der Waals surface area contributed by atoms with Crippen molar-refractivity contribution in [2.45, 2.75) is 32.1 Å². The molecule has 0 aromatic heterocycles. The molecule has 0 saturated heterocycles. The summed E-state index contributed by atoms with van der Waals surface area (Å²) in [6.07, 6.45) is 0.668. The minimum absolute atomic E-state index is 0.0299. The molecule has 3 rings (SSSR count). The average Bonchev–Trinajstić information content (AvgIpc) is 2.88. The normalized spacial score (nSPS) is 13.7. The molecular formula is C18H20N2O3S. The van der Waals surface area contributed by atoms with Gasteiger partial charge >= 0.3 is 0 Å². The van der Waals surface area contributed by atoms with E-state index in [9.17, 15) is 13.2 Å². The Kier molecular flexibility index (Phi) is 4.09. The maximum absolute atomic E-state index is 12.6. The Morgan fingerprint density at radius 3 is 2.38 bits per heavy atom. The SMILES string of the molecule is CC(=O)N1CCc2cc(S(=O)(=O)Nc3cc(C)cc(C)c3)ccc21. The van der Waals surface area contributed by atoms with Crippen molar-refractivity contribution in [2.24, 2.45) is 0 Å². The van der Waals surface area contributed by atoms with E-state index in [1.165, 1.54) is 6.92 Å². The van der Waals surface area contributed by atoms with Crippen LogP contribution in [0.1, 0.15) is 23.6 Å². The number of nitrogens with one attached hydrogen (secondary N) is 1. The molecule has 1 N–H and O–H groups in total. The van der Waals surface area contributed by atoms with Crippen LogP contribution in [-0.2, 0) is 21.2 Å². The molecule has 1 heterocycles. The molecule has 0 bridgehead atoms. The summed E-state index contributed by atoms with van der Waals surface area (Å²) in [5.41, 5.74) is 4.23. The topological polar surface area (TPSA) is 66.5 Å². The second-order valence-electron chi connectivity index (χ2n) is 6.19. The standard InChI is InChI=1S/C18H20N2O3S/c1-12-8-13(2)10-16(9-12)19-24(22,23)17-4-5-18-15(11-17)6-7-20(18)14(3)21/h4-5,8-11,19H,6-7H2,1-3H3. The fourth-order valence-corrected chi connectivity index (χ4v) is 4.21. The summed E-state index contributed by atoms with van der Waals surface area (Å²) in [4.78, 5) is 13.5. The van der Waals surface area contributed by atoms with Gasteiger partial charge in [-0.05, 0) is 67.3 Å². The van der Waals surface area contributed by atoms with Crippen LogP contribution >= 0.6 is 0 Å². The third-order valence-corrected chi connectivity index (χ3v) is 5.49. The molecule has 1 aliphatic heterocycles. The van der Waals surface area contributed by atoms with Gasteiger partial charge in [0.15, 0.2) is 0 Å². The highest BCUT2D eigenvalue weighted by Gasteiger charge is 2.24. The van der Waals surface area contributed by atoms with Gasteiger partial charge in [0.05, 0.1) is 4.90 Å². The summed E-state index contributed by atoms with van der Waals surface area (Å²) in [5, 5.41) is 0. The molecule has 126 valence electrons. The number of hydrogen-bond acceptors (Lipinski definition) is 3. The van der Waals surface area contributed by atoms with Crippen molar-refractivity contribution in [3.05, 3.63) is 53.1 Å². The Bertz CT molecular complexity index is 900. The van der Waals surface area contributed by atoms with Crippen molar-refractivity contribution < 1.29 is 13.2 Å². The number of amides is 1. The molecule has 2 aromatic rings. The van der Waals surface area contributed by atoms with Crippen LogP contribution in [0.5, 0.6) is 0 Å². The van der Waals surface area contributed by atoms with Crippen molar-refractivity contribution in [1.82, 2.24) is 0 Å². The largest absolute Gasteiger partial charge is 0.312 e. The van der Waals surface area contributed by atoms with Gasteiger partial charge in [-0.2, -0.15) is 0 Å². The Labute approximate surface area is 142 Å². The number of rotatable bonds is 3. The predicted octanol–water partition coefficient (Wildman–Crippen LogP) is 3.01. The summed E-state index contributed by atoms with van der Waals surface area (Å²) in [5.74, 6) is -0.0299. The molecule has 1 aliphatic rings. The summed E-state index contributed by atoms with van der Waals surface area (Å²) in [6.45, 7) is 5.97. The molecule has 0 spiro atoms. The molecule has 0 aliphatic carbocycles. The van der Waals surface area contributed by atoms with Crippen molar-refractivity contribution in [2.75, 3.05) is 16.2 Å². The number of benzene rings is 2. The van der Waals surface area contributed by atoms with Gasteiger partial charge in [0.2, 0.25) is 5.91 Å². The lowest BCUT2D eigenvalue weighted by atomic mass is 10.1. The highest BCUT2D eigenvalue weighted by Crippen LogP contribution is 2.31. The Morgan fingerprint density at radius 2 is 1.75 bits per heavy atom. The summed E-state index contributed by atoms with van der Waals surface area (Å²) < 4.78 is 27.9. The fraction of sp³-hybridized carbons (Fsp3) is 0.278. The van der Waals surface area contributed by atoms with Crippen LogP contribution in [0.25, 0.3) is 0 Å². The van der Waals surface area contributed by atoms with Crippen LogP contribution < -0.4 is 9.62 Å². The lowest BCUT2D eigenvalue weighted by Crippen LogP contribution is -2.25. The van der Waals surface area contributed by atoms with E-state index in [0.717, 1.165) is 22.4 Å². The first-order valence-electron chi connectivity index (χ1n) is 7.78. The molecule has 0 atom stereocenters. The van der Waals surface area contributed by atoms with Gasteiger partial charge in [0, 0.05) is 24.8 Å². The zero-order valence-electron chi connectivity index (χ0n) is 14.0. The Balaban J connectivity index is 1.92. The van der Waals surface area contributed by atoms with E-state index in [1.54, 1.807) is 35.2 Å². The number of anilines is 2. The molecule has 2 aromatic carbocycles. The lowest BCUT2D eigenvalue weighted by molar-refractivity contribution is -0.116. The van der Waals surface area contributed by atoms with Crippen molar-refractivity contribution in [3.63, 3.8) is 0 Å². The molecule has 5 nitrogen and oxygen atoms in total. The number of carbonyl (C=O) groups is 1. The number of aryl methyl sites for hydroxylation is 2. The highest BCUT2D eigenvalue weighted by molar-refractivity contribution is 7.92. The molecule has 0 saturated carbocycles. The maximum Gasteiger partial charge on any atom is 0.261 e. The lowest BCUT2D eigenvalue weighted by Gasteiger charge is -2.15. The zero-order valence-corrected chi connectivity index (χ0v) is 14.8. The molecule has 0 fully saturated rings. The van der Waals surface area contributed by atoms with Crippen molar-refractivity contribution in [3.8, 4) is 0 Å².